The van der Waals surface area contributed by atoms with E-state index in [9.17, 15) is 15.0 Å². The fourth-order valence-electron chi connectivity index (χ4n) is 7.22. The van der Waals surface area contributed by atoms with Crippen LogP contribution in [0, 0.1) is 0 Å². The van der Waals surface area contributed by atoms with Gasteiger partial charge in [0.1, 0.15) is 12.4 Å². The average molecular weight is 579 g/mol. The minimum atomic E-state index is -0.977. The molecule has 2 aromatic carbocycles. The van der Waals surface area contributed by atoms with E-state index in [2.05, 4.69) is 46.0 Å². The molecule has 3 aromatic rings. The van der Waals surface area contributed by atoms with E-state index < -0.39 is 18.2 Å². The summed E-state index contributed by atoms with van der Waals surface area (Å²) < 4.78 is 6.25. The highest BCUT2D eigenvalue weighted by molar-refractivity contribution is 6.36. The summed E-state index contributed by atoms with van der Waals surface area (Å²) in [4.78, 5) is 30.0. The second kappa shape index (κ2) is 10.5. The molecule has 1 amide bonds. The molecule has 7 rings (SSSR count). The Kier molecular flexibility index (Phi) is 6.79. The molecule has 1 unspecified atom stereocenters. The van der Waals surface area contributed by atoms with Gasteiger partial charge >= 0.3 is 12.1 Å². The first-order valence-corrected chi connectivity index (χ1v) is 14.8. The van der Waals surface area contributed by atoms with Gasteiger partial charge in [-0.3, -0.25) is 4.90 Å². The Morgan fingerprint density at radius 1 is 1.12 bits per heavy atom. The number of hydrogen-bond donors (Lipinski definition) is 2. The Morgan fingerprint density at radius 3 is 2.71 bits per heavy atom. The minimum absolute atomic E-state index is 0.277. The zero-order chi connectivity index (χ0) is 28.2. The summed E-state index contributed by atoms with van der Waals surface area (Å²) in [6, 6.07) is 12.2. The number of halogens is 1. The number of ether oxygens (including phenoxy) is 1. The molecule has 0 saturated carbocycles. The van der Waals surface area contributed by atoms with Crippen molar-refractivity contribution in [3.8, 4) is 6.01 Å². The van der Waals surface area contributed by atoms with Crippen LogP contribution in [0.3, 0.4) is 0 Å². The number of nitrogens with zero attached hydrogens (tertiary/aromatic N) is 6. The van der Waals surface area contributed by atoms with Crippen LogP contribution in [0.4, 0.5) is 16.3 Å². The van der Waals surface area contributed by atoms with Crippen molar-refractivity contribution in [3.63, 3.8) is 0 Å². The highest BCUT2D eigenvalue weighted by Gasteiger charge is 2.49. The number of aliphatic hydroxyl groups excluding tert-OH is 1. The molecule has 3 fully saturated rings. The molecule has 4 aliphatic rings. The number of amides is 1. The van der Waals surface area contributed by atoms with Gasteiger partial charge in [0.2, 0.25) is 0 Å². The molecule has 11 heteroatoms. The number of aliphatic hydroxyl groups is 1. The summed E-state index contributed by atoms with van der Waals surface area (Å²) in [5.74, 6) is 0.800. The number of fused-ring (bicyclic) bond motifs is 4. The number of hydrogen-bond acceptors (Lipinski definition) is 8. The van der Waals surface area contributed by atoms with Crippen molar-refractivity contribution in [1.82, 2.24) is 19.8 Å². The number of rotatable bonds is 5. The largest absolute Gasteiger partial charge is 0.465 e. The van der Waals surface area contributed by atoms with Gasteiger partial charge in [0.15, 0.2) is 0 Å². The fourth-order valence-corrected chi connectivity index (χ4v) is 7.50. The topological polar surface area (TPSA) is 106 Å². The maximum atomic E-state index is 11.9. The number of piperazine rings is 1. The quantitative estimate of drug-likeness (QED) is 0.469. The van der Waals surface area contributed by atoms with Crippen LogP contribution in [-0.2, 0) is 13.0 Å². The van der Waals surface area contributed by atoms with Crippen molar-refractivity contribution in [2.24, 2.45) is 0 Å². The van der Waals surface area contributed by atoms with Gasteiger partial charge in [-0.05, 0) is 56.8 Å². The number of carbonyl (C=O) groups is 1. The van der Waals surface area contributed by atoms with Gasteiger partial charge in [0.25, 0.3) is 0 Å². The maximum absolute atomic E-state index is 11.9. The third-order valence-electron chi connectivity index (χ3n) is 9.34. The van der Waals surface area contributed by atoms with Gasteiger partial charge in [-0.15, -0.1) is 0 Å². The number of benzene rings is 2. The van der Waals surface area contributed by atoms with Crippen LogP contribution in [0.15, 0.2) is 36.4 Å². The van der Waals surface area contributed by atoms with Crippen molar-refractivity contribution < 1.29 is 19.7 Å². The van der Waals surface area contributed by atoms with Crippen LogP contribution in [0.5, 0.6) is 6.01 Å². The van der Waals surface area contributed by atoms with E-state index >= 15 is 0 Å². The van der Waals surface area contributed by atoms with E-state index in [1.54, 1.807) is 0 Å². The second-order valence-corrected chi connectivity index (χ2v) is 12.2. The number of anilines is 2. The molecule has 1 aromatic heterocycles. The first kappa shape index (κ1) is 26.6. The zero-order valence-corrected chi connectivity index (χ0v) is 23.9. The Morgan fingerprint density at radius 2 is 1.95 bits per heavy atom. The first-order chi connectivity index (χ1) is 19.9. The summed E-state index contributed by atoms with van der Waals surface area (Å²) in [6.45, 7) is 3.81. The Bertz CT molecular complexity index is 1480. The third-order valence-corrected chi connectivity index (χ3v) is 9.65. The number of likely N-dealkylation sites (tertiary alicyclic amines) is 1. The monoisotopic (exact) mass is 578 g/mol. The minimum Gasteiger partial charge on any atom is -0.465 e. The molecule has 10 nitrogen and oxygen atoms in total. The molecule has 2 bridgehead atoms. The number of likely N-dealkylation sites (N-methyl/N-ethyl adjacent to an activating group) is 1. The lowest BCUT2D eigenvalue weighted by molar-refractivity contribution is 0.0866. The first-order valence-electron chi connectivity index (χ1n) is 14.5. The predicted octanol–water partition coefficient (Wildman–Crippen LogP) is 3.62. The number of carboxylic acid groups (broad SMARTS) is 1. The zero-order valence-electron chi connectivity index (χ0n) is 23.1. The van der Waals surface area contributed by atoms with Crippen LogP contribution in [0.2, 0.25) is 5.02 Å². The van der Waals surface area contributed by atoms with Gasteiger partial charge in [-0.1, -0.05) is 35.9 Å². The fraction of sp³-hybridized carbons (Fsp3) is 0.500. The standard InChI is InChI=1S/C30H35ClN6O4/c1-34-11-4-7-19(34)17-41-29-32-23-15-35(24-9-3-6-18-5-2-8-22(31)27(18)24)12-10-21(23)28(33-29)36-14-20-13-26(38)25(16-36)37(20)30(39)40/h2-3,5-6,8-9,19-20,25-26,38H,4,7,10-17H2,1H3,(H,39,40)/t19?,20-,25-,26+/m0/s1. The van der Waals surface area contributed by atoms with Gasteiger partial charge in [0, 0.05) is 42.3 Å². The lowest BCUT2D eigenvalue weighted by Crippen LogP contribution is -2.57. The van der Waals surface area contributed by atoms with Crippen molar-refractivity contribution in [2.45, 2.75) is 56.5 Å². The summed E-state index contributed by atoms with van der Waals surface area (Å²) in [5.41, 5.74) is 3.05. The summed E-state index contributed by atoms with van der Waals surface area (Å²) in [6.07, 6.45) is 1.75. The van der Waals surface area contributed by atoms with Crippen molar-refractivity contribution in [3.05, 3.63) is 52.7 Å². The van der Waals surface area contributed by atoms with E-state index in [0.717, 1.165) is 70.9 Å². The van der Waals surface area contributed by atoms with Gasteiger partial charge in [-0.2, -0.15) is 9.97 Å². The number of aromatic nitrogens is 2. The van der Waals surface area contributed by atoms with E-state index in [0.29, 0.717) is 44.7 Å². The normalized spacial score (nSPS) is 26.1. The molecule has 3 saturated heterocycles. The Hall–Kier alpha value is -3.34. The van der Waals surface area contributed by atoms with E-state index in [-0.39, 0.29) is 6.04 Å². The molecule has 0 radical (unpaired) electrons. The average Bonchev–Trinajstić information content (AvgIpc) is 3.47. The highest BCUT2D eigenvalue weighted by atomic mass is 35.5. The lowest BCUT2D eigenvalue weighted by Gasteiger charge is -2.41. The smallest absolute Gasteiger partial charge is 0.408 e. The van der Waals surface area contributed by atoms with Crippen LogP contribution in [0.1, 0.15) is 30.5 Å². The molecule has 4 aliphatic heterocycles. The van der Waals surface area contributed by atoms with Gasteiger partial charge in [0.05, 0.1) is 35.4 Å². The van der Waals surface area contributed by atoms with E-state index in [4.69, 9.17) is 26.3 Å². The summed E-state index contributed by atoms with van der Waals surface area (Å²) in [7, 11) is 2.12. The summed E-state index contributed by atoms with van der Waals surface area (Å²) in [5, 5.41) is 23.3. The van der Waals surface area contributed by atoms with Crippen molar-refractivity contribution in [2.75, 3.05) is 49.6 Å². The molecule has 4 atom stereocenters. The van der Waals surface area contributed by atoms with E-state index in [1.165, 1.54) is 4.90 Å². The molecule has 2 N–H and O–H groups in total. The molecular formula is C30H35ClN6O4. The molecular weight excluding hydrogens is 544 g/mol. The molecule has 0 aliphatic carbocycles. The third kappa shape index (κ3) is 4.71. The predicted molar refractivity (Wildman–Crippen MR) is 157 cm³/mol. The van der Waals surface area contributed by atoms with Crippen molar-refractivity contribution in [1.29, 1.82) is 0 Å². The van der Waals surface area contributed by atoms with Crippen molar-refractivity contribution >= 4 is 40.0 Å². The van der Waals surface area contributed by atoms with Crippen LogP contribution in [-0.4, -0.2) is 100 Å². The van der Waals surface area contributed by atoms with E-state index in [1.807, 2.05) is 12.1 Å². The van der Waals surface area contributed by atoms with Crippen LogP contribution in [0.25, 0.3) is 10.8 Å². The molecule has 5 heterocycles. The maximum Gasteiger partial charge on any atom is 0.408 e. The van der Waals surface area contributed by atoms with Crippen LogP contribution >= 0.6 is 11.6 Å². The molecule has 0 spiro atoms. The Labute approximate surface area is 244 Å². The Balaban J connectivity index is 1.23. The molecule has 41 heavy (non-hydrogen) atoms. The van der Waals surface area contributed by atoms with Gasteiger partial charge < -0.3 is 29.6 Å². The van der Waals surface area contributed by atoms with Gasteiger partial charge in [-0.25, -0.2) is 4.79 Å². The highest BCUT2D eigenvalue weighted by Crippen LogP contribution is 2.39. The second-order valence-electron chi connectivity index (χ2n) is 11.7. The summed E-state index contributed by atoms with van der Waals surface area (Å²) >= 11 is 6.68. The molecule has 216 valence electrons. The SMILES string of the molecule is CN1CCCC1COc1nc2c(c(N3C[C@@H]4C[C@@H](O)[C@H](C3)N4C(=O)O)n1)CCN(c1cccc3cccc(Cl)c13)C2. The lowest BCUT2D eigenvalue weighted by atomic mass is 10.0. The van der Waals surface area contributed by atoms with Crippen LogP contribution < -0.4 is 14.5 Å².